The minimum absolute atomic E-state index is 0.421. The normalized spacial score (nSPS) is 22.3. The molecule has 1 fully saturated rings. The molecule has 4 heteroatoms. The summed E-state index contributed by atoms with van der Waals surface area (Å²) in [6, 6.07) is 0.421. The highest BCUT2D eigenvalue weighted by Crippen LogP contribution is 2.23. The molecule has 15 heavy (non-hydrogen) atoms. The first-order valence-corrected chi connectivity index (χ1v) is 5.66. The van der Waals surface area contributed by atoms with Gasteiger partial charge in [-0.1, -0.05) is 13.8 Å². The Labute approximate surface area is 91.1 Å². The van der Waals surface area contributed by atoms with Gasteiger partial charge < -0.3 is 10.6 Å². The van der Waals surface area contributed by atoms with Gasteiger partial charge in [-0.15, -0.1) is 0 Å². The molecule has 1 saturated heterocycles. The summed E-state index contributed by atoms with van der Waals surface area (Å²) in [5, 5.41) is 11.5. The fourth-order valence-electron chi connectivity index (χ4n) is 2.11. The number of nitrogens with zero attached hydrogens (tertiary/aromatic N) is 2. The summed E-state index contributed by atoms with van der Waals surface area (Å²) in [5.74, 6) is 0.491. The van der Waals surface area contributed by atoms with Crippen molar-refractivity contribution in [2.24, 2.45) is 7.05 Å². The molecule has 0 saturated carbocycles. The van der Waals surface area contributed by atoms with Gasteiger partial charge in [-0.25, -0.2) is 0 Å². The monoisotopic (exact) mass is 208 g/mol. The lowest BCUT2D eigenvalue weighted by atomic mass is 10.00. The Hall–Kier alpha value is -0.870. The summed E-state index contributed by atoms with van der Waals surface area (Å²) in [7, 11) is 1.99. The number of nitrogens with one attached hydrogen (secondary N) is 2. The molecule has 1 aromatic rings. The third-order valence-electron chi connectivity index (χ3n) is 2.85. The molecule has 1 aromatic heterocycles. The maximum Gasteiger partial charge on any atom is 0.0698 e. The van der Waals surface area contributed by atoms with Crippen LogP contribution in [0.3, 0.4) is 0 Å². The van der Waals surface area contributed by atoms with Crippen LogP contribution in [0.4, 0.5) is 0 Å². The lowest BCUT2D eigenvalue weighted by molar-refractivity contribution is 0.427. The van der Waals surface area contributed by atoms with Gasteiger partial charge in [0.25, 0.3) is 0 Å². The Kier molecular flexibility index (Phi) is 3.07. The second kappa shape index (κ2) is 4.33. The van der Waals surface area contributed by atoms with Crippen molar-refractivity contribution in [3.8, 4) is 0 Å². The summed E-state index contributed by atoms with van der Waals surface area (Å²) in [4.78, 5) is 0. The molecule has 2 rings (SSSR count). The van der Waals surface area contributed by atoms with Crippen molar-refractivity contribution in [2.75, 3.05) is 19.6 Å². The largest absolute Gasteiger partial charge is 0.314 e. The molecule has 0 spiro atoms. The van der Waals surface area contributed by atoms with Gasteiger partial charge in [-0.2, -0.15) is 5.10 Å². The molecule has 1 atom stereocenters. The molecular formula is C11H20N4. The first kappa shape index (κ1) is 10.6. The van der Waals surface area contributed by atoms with Crippen LogP contribution in [0.5, 0.6) is 0 Å². The van der Waals surface area contributed by atoms with E-state index >= 15 is 0 Å². The molecule has 2 heterocycles. The summed E-state index contributed by atoms with van der Waals surface area (Å²) in [5.41, 5.74) is 2.57. The Morgan fingerprint density at radius 2 is 2.27 bits per heavy atom. The number of piperazine rings is 1. The maximum atomic E-state index is 4.53. The predicted molar refractivity (Wildman–Crippen MR) is 60.9 cm³/mol. The Balaban J connectivity index is 2.25. The number of hydrogen-bond acceptors (Lipinski definition) is 3. The van der Waals surface area contributed by atoms with E-state index in [9.17, 15) is 0 Å². The van der Waals surface area contributed by atoms with E-state index in [4.69, 9.17) is 0 Å². The van der Waals surface area contributed by atoms with Crippen LogP contribution in [-0.4, -0.2) is 29.4 Å². The SMILES string of the molecule is CC(C)c1nn(C)cc1C1CNCCN1. The third-order valence-corrected chi connectivity index (χ3v) is 2.85. The Morgan fingerprint density at radius 3 is 2.87 bits per heavy atom. The Morgan fingerprint density at radius 1 is 1.47 bits per heavy atom. The van der Waals surface area contributed by atoms with E-state index in [1.165, 1.54) is 11.3 Å². The van der Waals surface area contributed by atoms with Crippen molar-refractivity contribution in [1.29, 1.82) is 0 Å². The molecule has 1 aliphatic rings. The fourth-order valence-corrected chi connectivity index (χ4v) is 2.11. The molecule has 2 N–H and O–H groups in total. The zero-order valence-electron chi connectivity index (χ0n) is 9.75. The smallest absolute Gasteiger partial charge is 0.0698 e. The van der Waals surface area contributed by atoms with Crippen molar-refractivity contribution in [1.82, 2.24) is 20.4 Å². The topological polar surface area (TPSA) is 41.9 Å². The van der Waals surface area contributed by atoms with Gasteiger partial charge in [0.1, 0.15) is 0 Å². The lowest BCUT2D eigenvalue weighted by Gasteiger charge is -2.25. The molecule has 0 amide bonds. The number of aryl methyl sites for hydroxylation is 1. The lowest BCUT2D eigenvalue weighted by Crippen LogP contribution is -2.42. The highest BCUT2D eigenvalue weighted by molar-refractivity contribution is 5.25. The molecule has 4 nitrogen and oxygen atoms in total. The van der Waals surface area contributed by atoms with Crippen LogP contribution in [0.15, 0.2) is 6.20 Å². The number of hydrogen-bond donors (Lipinski definition) is 2. The van der Waals surface area contributed by atoms with Crippen LogP contribution >= 0.6 is 0 Å². The van der Waals surface area contributed by atoms with E-state index in [2.05, 4.69) is 35.8 Å². The first-order valence-electron chi connectivity index (χ1n) is 5.66. The molecule has 0 aliphatic carbocycles. The van der Waals surface area contributed by atoms with Gasteiger partial charge in [0, 0.05) is 44.5 Å². The third kappa shape index (κ3) is 2.21. The average Bonchev–Trinajstić information content (AvgIpc) is 2.62. The van der Waals surface area contributed by atoms with Gasteiger partial charge in [-0.05, 0) is 5.92 Å². The average molecular weight is 208 g/mol. The van der Waals surface area contributed by atoms with Crippen molar-refractivity contribution >= 4 is 0 Å². The van der Waals surface area contributed by atoms with Crippen LogP contribution in [0, 0.1) is 0 Å². The van der Waals surface area contributed by atoms with Gasteiger partial charge >= 0.3 is 0 Å². The van der Waals surface area contributed by atoms with Gasteiger partial charge in [-0.3, -0.25) is 4.68 Å². The zero-order chi connectivity index (χ0) is 10.8. The van der Waals surface area contributed by atoms with E-state index in [1.54, 1.807) is 0 Å². The van der Waals surface area contributed by atoms with Crippen molar-refractivity contribution in [3.63, 3.8) is 0 Å². The minimum Gasteiger partial charge on any atom is -0.314 e. The van der Waals surface area contributed by atoms with Crippen LogP contribution in [0.25, 0.3) is 0 Å². The fraction of sp³-hybridized carbons (Fsp3) is 0.727. The standard InChI is InChI=1S/C11H20N4/c1-8(2)11-9(7-15(3)14-11)10-6-12-4-5-13-10/h7-8,10,12-13H,4-6H2,1-3H3. The van der Waals surface area contributed by atoms with Gasteiger partial charge in [0.15, 0.2) is 0 Å². The molecular weight excluding hydrogens is 188 g/mol. The molecule has 84 valence electrons. The van der Waals surface area contributed by atoms with Crippen LogP contribution < -0.4 is 10.6 Å². The summed E-state index contributed by atoms with van der Waals surface area (Å²) >= 11 is 0. The molecule has 0 radical (unpaired) electrons. The number of aromatic nitrogens is 2. The summed E-state index contributed by atoms with van der Waals surface area (Å²) in [6.07, 6.45) is 2.14. The van der Waals surface area contributed by atoms with Crippen molar-refractivity contribution in [3.05, 3.63) is 17.5 Å². The minimum atomic E-state index is 0.421. The second-order valence-electron chi connectivity index (χ2n) is 4.51. The highest BCUT2D eigenvalue weighted by Gasteiger charge is 2.21. The highest BCUT2D eigenvalue weighted by atomic mass is 15.3. The van der Waals surface area contributed by atoms with Crippen molar-refractivity contribution in [2.45, 2.75) is 25.8 Å². The summed E-state index contributed by atoms with van der Waals surface area (Å²) < 4.78 is 1.92. The van der Waals surface area contributed by atoms with Gasteiger partial charge in [0.2, 0.25) is 0 Å². The van der Waals surface area contributed by atoms with E-state index in [0.717, 1.165) is 19.6 Å². The van der Waals surface area contributed by atoms with E-state index in [1.807, 2.05) is 11.7 Å². The predicted octanol–water partition coefficient (Wildman–Crippen LogP) is 0.777. The summed E-state index contributed by atoms with van der Waals surface area (Å²) in [6.45, 7) is 7.50. The molecule has 0 bridgehead atoms. The number of rotatable bonds is 2. The van der Waals surface area contributed by atoms with Crippen LogP contribution in [0.1, 0.15) is 37.1 Å². The quantitative estimate of drug-likeness (QED) is 0.754. The molecule has 0 aromatic carbocycles. The maximum absolute atomic E-state index is 4.53. The molecule has 1 unspecified atom stereocenters. The van der Waals surface area contributed by atoms with Gasteiger partial charge in [0.05, 0.1) is 5.69 Å². The van der Waals surface area contributed by atoms with Crippen LogP contribution in [-0.2, 0) is 7.05 Å². The van der Waals surface area contributed by atoms with E-state index in [0.29, 0.717) is 12.0 Å². The van der Waals surface area contributed by atoms with Crippen molar-refractivity contribution < 1.29 is 0 Å². The zero-order valence-corrected chi connectivity index (χ0v) is 9.75. The van der Waals surface area contributed by atoms with Crippen LogP contribution in [0.2, 0.25) is 0 Å². The second-order valence-corrected chi connectivity index (χ2v) is 4.51. The Bertz CT molecular complexity index is 323. The van der Waals surface area contributed by atoms with E-state index in [-0.39, 0.29) is 0 Å². The van der Waals surface area contributed by atoms with E-state index < -0.39 is 0 Å². The first-order chi connectivity index (χ1) is 7.18. The molecule has 1 aliphatic heterocycles.